The van der Waals surface area contributed by atoms with Gasteiger partial charge in [0.15, 0.2) is 0 Å². The van der Waals surface area contributed by atoms with Crippen LogP contribution < -0.4 is 0 Å². The molecule has 0 aliphatic carbocycles. The van der Waals surface area contributed by atoms with Gasteiger partial charge >= 0.3 is 0 Å². The van der Waals surface area contributed by atoms with Gasteiger partial charge in [0.1, 0.15) is 0 Å². The van der Waals surface area contributed by atoms with Gasteiger partial charge in [0.25, 0.3) is 0 Å². The predicted molar refractivity (Wildman–Crippen MR) is 52.0 cm³/mol. The minimum atomic E-state index is 0.668. The number of aliphatic imine (C=N–C) groups is 1. The molecule has 1 nitrogen and oxygen atoms in total. The number of hydrogen-bond acceptors (Lipinski definition) is 1. The first-order chi connectivity index (χ1) is 5.16. The molecule has 0 unspecified atom stereocenters. The summed E-state index contributed by atoms with van der Waals surface area (Å²) in [7, 11) is 0. The van der Waals surface area contributed by atoms with Crippen molar-refractivity contribution in [2.45, 2.75) is 40.0 Å². The average Bonchev–Trinajstić information content (AvgIpc) is 1.86. The molecule has 0 aromatic heterocycles. The zero-order valence-electron chi connectivity index (χ0n) is 7.93. The molecule has 1 heteroatoms. The monoisotopic (exact) mass is 153 g/mol. The Labute approximate surface area is 70.2 Å². The molecule has 64 valence electrons. The van der Waals surface area contributed by atoms with E-state index in [-0.39, 0.29) is 0 Å². The molecular weight excluding hydrogens is 134 g/mol. The molecule has 0 saturated carbocycles. The third-order valence-corrected chi connectivity index (χ3v) is 1.34. The van der Waals surface area contributed by atoms with Crippen molar-refractivity contribution in [1.82, 2.24) is 0 Å². The summed E-state index contributed by atoms with van der Waals surface area (Å²) in [5.41, 5.74) is 1.01. The lowest BCUT2D eigenvalue weighted by Gasteiger charge is -2.01. The summed E-state index contributed by atoms with van der Waals surface area (Å²) in [4.78, 5) is 4.23. The van der Waals surface area contributed by atoms with Crippen LogP contribution in [0.25, 0.3) is 0 Å². The number of unbranched alkanes of at least 4 members (excludes halogenated alkanes) is 1. The first-order valence-electron chi connectivity index (χ1n) is 4.37. The smallest absolute Gasteiger partial charge is 0.0330 e. The van der Waals surface area contributed by atoms with Gasteiger partial charge in [0.2, 0.25) is 0 Å². The summed E-state index contributed by atoms with van der Waals surface area (Å²) in [6.07, 6.45) is 5.21. The van der Waals surface area contributed by atoms with Gasteiger partial charge in [0, 0.05) is 11.9 Å². The first-order valence-corrected chi connectivity index (χ1v) is 4.37. The van der Waals surface area contributed by atoms with Crippen molar-refractivity contribution in [3.63, 3.8) is 0 Å². The van der Waals surface area contributed by atoms with Crippen LogP contribution in [0.1, 0.15) is 40.0 Å². The fourth-order valence-corrected chi connectivity index (χ4v) is 0.847. The number of allylic oxidation sites excluding steroid dienone is 1. The van der Waals surface area contributed by atoms with Crippen molar-refractivity contribution in [3.05, 3.63) is 12.3 Å². The number of nitrogens with zero attached hydrogens (tertiary/aromatic N) is 1. The number of hydrogen-bond donors (Lipinski definition) is 0. The van der Waals surface area contributed by atoms with Gasteiger partial charge in [0.05, 0.1) is 0 Å². The Hall–Kier alpha value is -0.590. The zero-order chi connectivity index (χ0) is 8.69. The molecule has 0 fully saturated rings. The standard InChI is InChI=1S/C10H19N/c1-5-6-7-11-10(4)8-9(2)3/h7,9H,4-6,8H2,1-3H3/b11-7-. The van der Waals surface area contributed by atoms with Crippen LogP contribution in [0.3, 0.4) is 0 Å². The Bertz CT molecular complexity index is 134. The Balaban J connectivity index is 3.51. The maximum absolute atomic E-state index is 4.23. The van der Waals surface area contributed by atoms with E-state index in [0.29, 0.717) is 5.92 Å². The lowest BCUT2D eigenvalue weighted by atomic mass is 10.1. The summed E-state index contributed by atoms with van der Waals surface area (Å²) in [5.74, 6) is 0.668. The predicted octanol–water partition coefficient (Wildman–Crippen LogP) is 3.42. The fourth-order valence-electron chi connectivity index (χ4n) is 0.847. The van der Waals surface area contributed by atoms with Gasteiger partial charge in [-0.25, -0.2) is 0 Å². The third kappa shape index (κ3) is 7.31. The Morgan fingerprint density at radius 3 is 2.64 bits per heavy atom. The van der Waals surface area contributed by atoms with Crippen molar-refractivity contribution in [1.29, 1.82) is 0 Å². The molecule has 0 rings (SSSR count). The highest BCUT2D eigenvalue weighted by Gasteiger charge is 1.94. The summed E-state index contributed by atoms with van der Waals surface area (Å²) in [5, 5.41) is 0. The maximum Gasteiger partial charge on any atom is 0.0330 e. The van der Waals surface area contributed by atoms with E-state index in [1.54, 1.807) is 0 Å². The summed E-state index contributed by atoms with van der Waals surface area (Å²) < 4.78 is 0. The Morgan fingerprint density at radius 2 is 2.18 bits per heavy atom. The molecule has 0 heterocycles. The summed E-state index contributed by atoms with van der Waals surface area (Å²) in [6, 6.07) is 0. The van der Waals surface area contributed by atoms with E-state index in [9.17, 15) is 0 Å². The normalized spacial score (nSPS) is 11.3. The minimum Gasteiger partial charge on any atom is -0.266 e. The lowest BCUT2D eigenvalue weighted by Crippen LogP contribution is -1.88. The van der Waals surface area contributed by atoms with Gasteiger partial charge in [-0.15, -0.1) is 0 Å². The zero-order valence-corrected chi connectivity index (χ0v) is 7.93. The van der Waals surface area contributed by atoms with Crippen molar-refractivity contribution < 1.29 is 0 Å². The van der Waals surface area contributed by atoms with Crippen LogP contribution in [-0.2, 0) is 0 Å². The van der Waals surface area contributed by atoms with E-state index in [1.807, 2.05) is 6.21 Å². The molecule has 0 aromatic rings. The molecule has 0 saturated heterocycles. The molecule has 0 N–H and O–H groups in total. The van der Waals surface area contributed by atoms with Crippen LogP contribution in [0.2, 0.25) is 0 Å². The molecule has 0 aliphatic heterocycles. The van der Waals surface area contributed by atoms with E-state index in [2.05, 4.69) is 32.3 Å². The van der Waals surface area contributed by atoms with Crippen molar-refractivity contribution in [3.8, 4) is 0 Å². The Morgan fingerprint density at radius 1 is 1.55 bits per heavy atom. The molecular formula is C10H19N. The highest BCUT2D eigenvalue weighted by Crippen LogP contribution is 2.08. The summed E-state index contributed by atoms with van der Waals surface area (Å²) in [6.45, 7) is 10.4. The van der Waals surface area contributed by atoms with Crippen molar-refractivity contribution in [2.24, 2.45) is 10.9 Å². The van der Waals surface area contributed by atoms with Crippen LogP contribution in [0, 0.1) is 5.92 Å². The topological polar surface area (TPSA) is 12.4 Å². The highest BCUT2D eigenvalue weighted by molar-refractivity contribution is 5.58. The molecule has 0 radical (unpaired) electrons. The second-order valence-corrected chi connectivity index (χ2v) is 3.26. The van der Waals surface area contributed by atoms with Gasteiger partial charge < -0.3 is 0 Å². The molecule has 0 atom stereocenters. The van der Waals surface area contributed by atoms with Crippen LogP contribution in [0.15, 0.2) is 17.3 Å². The van der Waals surface area contributed by atoms with E-state index in [4.69, 9.17) is 0 Å². The van der Waals surface area contributed by atoms with Crippen LogP contribution in [0.5, 0.6) is 0 Å². The number of rotatable bonds is 5. The minimum absolute atomic E-state index is 0.668. The van der Waals surface area contributed by atoms with Crippen LogP contribution >= 0.6 is 0 Å². The molecule has 11 heavy (non-hydrogen) atoms. The largest absolute Gasteiger partial charge is 0.266 e. The molecule has 0 amide bonds. The molecule has 0 aromatic carbocycles. The van der Waals surface area contributed by atoms with Gasteiger partial charge in [-0.1, -0.05) is 33.8 Å². The molecule has 0 bridgehead atoms. The van der Waals surface area contributed by atoms with Crippen LogP contribution in [-0.4, -0.2) is 6.21 Å². The maximum atomic E-state index is 4.23. The lowest BCUT2D eigenvalue weighted by molar-refractivity contribution is 0.640. The Kier molecular flexibility index (Phi) is 5.81. The van der Waals surface area contributed by atoms with E-state index in [0.717, 1.165) is 18.5 Å². The third-order valence-electron chi connectivity index (χ3n) is 1.34. The SMILES string of the molecule is C=C(CC(C)C)/N=C\CCC. The second kappa shape index (κ2) is 6.14. The highest BCUT2D eigenvalue weighted by atomic mass is 14.7. The average molecular weight is 153 g/mol. The quantitative estimate of drug-likeness (QED) is 0.537. The van der Waals surface area contributed by atoms with E-state index < -0.39 is 0 Å². The van der Waals surface area contributed by atoms with E-state index in [1.165, 1.54) is 6.42 Å². The van der Waals surface area contributed by atoms with Crippen molar-refractivity contribution >= 4 is 6.21 Å². The summed E-state index contributed by atoms with van der Waals surface area (Å²) >= 11 is 0. The van der Waals surface area contributed by atoms with Gasteiger partial charge in [-0.3, -0.25) is 4.99 Å². The van der Waals surface area contributed by atoms with Gasteiger partial charge in [-0.2, -0.15) is 0 Å². The fraction of sp³-hybridized carbons (Fsp3) is 0.700. The van der Waals surface area contributed by atoms with Gasteiger partial charge in [-0.05, 0) is 18.8 Å². The van der Waals surface area contributed by atoms with Crippen LogP contribution in [0.4, 0.5) is 0 Å². The molecule has 0 spiro atoms. The van der Waals surface area contributed by atoms with E-state index >= 15 is 0 Å². The first kappa shape index (κ1) is 10.4. The van der Waals surface area contributed by atoms with Crippen molar-refractivity contribution in [2.75, 3.05) is 0 Å². The molecule has 0 aliphatic rings. The second-order valence-electron chi connectivity index (χ2n) is 3.26.